The second-order valence-electron chi connectivity index (χ2n) is 5.63. The summed E-state index contributed by atoms with van der Waals surface area (Å²) in [6.45, 7) is 0.163. The number of nitriles is 1. The second-order valence-corrected chi connectivity index (χ2v) is 6.06. The molecule has 0 saturated carbocycles. The molecule has 3 rings (SSSR count). The third-order valence-electron chi connectivity index (χ3n) is 3.82. The number of halogens is 2. The fourth-order valence-electron chi connectivity index (χ4n) is 2.41. The predicted molar refractivity (Wildman–Crippen MR) is 102 cm³/mol. The van der Waals surface area contributed by atoms with Crippen molar-refractivity contribution in [2.45, 2.75) is 6.61 Å². The third kappa shape index (κ3) is 4.50. The van der Waals surface area contributed by atoms with E-state index in [1.54, 1.807) is 48.5 Å². The van der Waals surface area contributed by atoms with Gasteiger partial charge < -0.3 is 4.74 Å². The second kappa shape index (κ2) is 8.33. The Labute approximate surface area is 156 Å². The Morgan fingerprint density at radius 3 is 2.35 bits per heavy atom. The number of allylic oxidation sites excluding steroid dienone is 1. The Morgan fingerprint density at radius 1 is 1.00 bits per heavy atom. The van der Waals surface area contributed by atoms with Crippen LogP contribution in [-0.4, -0.2) is 0 Å². The van der Waals surface area contributed by atoms with Crippen LogP contribution in [0.4, 0.5) is 4.39 Å². The molecular formula is C22H15ClFNO. The van der Waals surface area contributed by atoms with Gasteiger partial charge in [0.25, 0.3) is 0 Å². The molecule has 0 heterocycles. The van der Waals surface area contributed by atoms with Gasteiger partial charge >= 0.3 is 0 Å². The van der Waals surface area contributed by atoms with Crippen molar-refractivity contribution in [1.82, 2.24) is 0 Å². The van der Waals surface area contributed by atoms with Crippen molar-refractivity contribution >= 4 is 23.3 Å². The smallest absolute Gasteiger partial charge is 0.129 e. The van der Waals surface area contributed by atoms with Crippen LogP contribution in [0.5, 0.6) is 5.75 Å². The van der Waals surface area contributed by atoms with Gasteiger partial charge in [-0.1, -0.05) is 54.1 Å². The zero-order valence-corrected chi connectivity index (χ0v) is 14.6. The van der Waals surface area contributed by atoms with Crippen LogP contribution in [0, 0.1) is 17.1 Å². The van der Waals surface area contributed by atoms with Gasteiger partial charge in [-0.15, -0.1) is 0 Å². The van der Waals surface area contributed by atoms with Gasteiger partial charge in [0.1, 0.15) is 18.2 Å². The van der Waals surface area contributed by atoms with E-state index in [-0.39, 0.29) is 12.4 Å². The molecule has 3 aromatic rings. The molecule has 26 heavy (non-hydrogen) atoms. The van der Waals surface area contributed by atoms with Crippen molar-refractivity contribution < 1.29 is 9.13 Å². The summed E-state index contributed by atoms with van der Waals surface area (Å²) in [6.07, 6.45) is 1.80. The Morgan fingerprint density at radius 2 is 1.69 bits per heavy atom. The first kappa shape index (κ1) is 17.7. The molecule has 3 aromatic carbocycles. The molecule has 128 valence electrons. The van der Waals surface area contributed by atoms with Crippen molar-refractivity contribution in [1.29, 1.82) is 5.26 Å². The summed E-state index contributed by atoms with van der Waals surface area (Å²) < 4.78 is 19.2. The fourth-order valence-corrected chi connectivity index (χ4v) is 2.54. The summed E-state index contributed by atoms with van der Waals surface area (Å²) in [4.78, 5) is 0. The SMILES string of the molecule is N#C/C(=C\c1ccc(OCc2ccccc2F)cc1)c1ccc(Cl)cc1. The van der Waals surface area contributed by atoms with Crippen molar-refractivity contribution in [2.75, 3.05) is 0 Å². The highest BCUT2D eigenvalue weighted by Gasteiger charge is 2.03. The van der Waals surface area contributed by atoms with Crippen molar-refractivity contribution in [3.8, 4) is 11.8 Å². The first-order valence-electron chi connectivity index (χ1n) is 8.00. The standard InChI is InChI=1S/C22H15ClFNO/c23-20-9-7-17(8-10-20)19(14-25)13-16-5-11-21(12-6-16)26-15-18-3-1-2-4-22(18)24/h1-13H,15H2/b19-13+. The zero-order valence-electron chi connectivity index (χ0n) is 13.8. The highest BCUT2D eigenvalue weighted by atomic mass is 35.5. The molecular weight excluding hydrogens is 349 g/mol. The van der Waals surface area contributed by atoms with Crippen LogP contribution in [0.2, 0.25) is 5.02 Å². The van der Waals surface area contributed by atoms with Crippen LogP contribution in [0.25, 0.3) is 11.6 Å². The normalized spacial score (nSPS) is 11.0. The van der Waals surface area contributed by atoms with Gasteiger partial charge in [0, 0.05) is 10.6 Å². The van der Waals surface area contributed by atoms with E-state index in [1.165, 1.54) is 6.07 Å². The van der Waals surface area contributed by atoms with Gasteiger partial charge in [0.05, 0.1) is 11.6 Å². The fraction of sp³-hybridized carbons (Fsp3) is 0.0455. The van der Waals surface area contributed by atoms with Gasteiger partial charge in [-0.3, -0.25) is 0 Å². The largest absolute Gasteiger partial charge is 0.489 e. The Bertz CT molecular complexity index is 957. The van der Waals surface area contributed by atoms with E-state index in [0.29, 0.717) is 21.9 Å². The molecule has 0 aromatic heterocycles. The Balaban J connectivity index is 1.71. The van der Waals surface area contributed by atoms with Crippen LogP contribution in [0.3, 0.4) is 0 Å². The van der Waals surface area contributed by atoms with Crippen LogP contribution in [0.15, 0.2) is 72.8 Å². The number of benzene rings is 3. The lowest BCUT2D eigenvalue weighted by Gasteiger charge is -2.07. The van der Waals surface area contributed by atoms with E-state index < -0.39 is 0 Å². The molecule has 0 radical (unpaired) electrons. The number of hydrogen-bond acceptors (Lipinski definition) is 2. The minimum atomic E-state index is -0.284. The minimum Gasteiger partial charge on any atom is -0.489 e. The van der Waals surface area contributed by atoms with Crippen molar-refractivity contribution in [3.05, 3.63) is 100 Å². The van der Waals surface area contributed by atoms with Crippen LogP contribution < -0.4 is 4.74 Å². The Hall–Kier alpha value is -3.09. The number of nitrogens with zero attached hydrogens (tertiary/aromatic N) is 1. The van der Waals surface area contributed by atoms with Crippen molar-refractivity contribution in [3.63, 3.8) is 0 Å². The lowest BCUT2D eigenvalue weighted by molar-refractivity contribution is 0.300. The molecule has 0 aliphatic carbocycles. The topological polar surface area (TPSA) is 33.0 Å². The molecule has 0 aliphatic heterocycles. The first-order chi connectivity index (χ1) is 12.7. The van der Waals surface area contributed by atoms with Gasteiger partial charge in [-0.05, 0) is 47.5 Å². The summed E-state index contributed by atoms with van der Waals surface area (Å²) in [5, 5.41) is 10.0. The van der Waals surface area contributed by atoms with E-state index >= 15 is 0 Å². The monoisotopic (exact) mass is 363 g/mol. The molecule has 0 unspecified atom stereocenters. The molecule has 0 amide bonds. The molecule has 0 atom stereocenters. The maximum Gasteiger partial charge on any atom is 0.129 e. The highest BCUT2D eigenvalue weighted by Crippen LogP contribution is 2.22. The molecule has 0 N–H and O–H groups in total. The molecule has 0 fully saturated rings. The highest BCUT2D eigenvalue weighted by molar-refractivity contribution is 6.30. The summed E-state index contributed by atoms with van der Waals surface area (Å²) >= 11 is 5.88. The van der Waals surface area contributed by atoms with Crippen molar-refractivity contribution in [2.24, 2.45) is 0 Å². The molecule has 4 heteroatoms. The minimum absolute atomic E-state index is 0.163. The lowest BCUT2D eigenvalue weighted by atomic mass is 10.0. The van der Waals surface area contributed by atoms with Gasteiger partial charge in [-0.25, -0.2) is 4.39 Å². The quantitative estimate of drug-likeness (QED) is 0.404. The molecule has 0 saturated heterocycles. The number of ether oxygens (including phenoxy) is 1. The van der Waals surface area contributed by atoms with Crippen LogP contribution in [-0.2, 0) is 6.61 Å². The Kier molecular flexibility index (Phi) is 5.68. The van der Waals surface area contributed by atoms with Gasteiger partial charge in [0.15, 0.2) is 0 Å². The summed E-state index contributed by atoms with van der Waals surface area (Å²) in [5.74, 6) is 0.351. The van der Waals surface area contributed by atoms with Gasteiger partial charge in [-0.2, -0.15) is 5.26 Å². The number of rotatable bonds is 5. The van der Waals surface area contributed by atoms with Crippen LogP contribution in [0.1, 0.15) is 16.7 Å². The zero-order chi connectivity index (χ0) is 18.4. The molecule has 0 spiro atoms. The van der Waals surface area contributed by atoms with E-state index in [9.17, 15) is 9.65 Å². The lowest BCUT2D eigenvalue weighted by Crippen LogP contribution is -1.98. The van der Waals surface area contributed by atoms with E-state index in [0.717, 1.165) is 11.1 Å². The average molecular weight is 364 g/mol. The molecule has 2 nitrogen and oxygen atoms in total. The maximum absolute atomic E-state index is 13.6. The average Bonchev–Trinajstić information content (AvgIpc) is 2.67. The third-order valence-corrected chi connectivity index (χ3v) is 4.07. The van der Waals surface area contributed by atoms with Gasteiger partial charge in [0.2, 0.25) is 0 Å². The van der Waals surface area contributed by atoms with E-state index in [4.69, 9.17) is 16.3 Å². The predicted octanol–water partition coefficient (Wildman–Crippen LogP) is 6.12. The molecule has 0 aliphatic rings. The molecule has 0 bridgehead atoms. The van der Waals surface area contributed by atoms with Crippen LogP contribution >= 0.6 is 11.6 Å². The van der Waals surface area contributed by atoms with E-state index in [1.807, 2.05) is 24.3 Å². The maximum atomic E-state index is 13.6. The number of hydrogen-bond donors (Lipinski definition) is 0. The first-order valence-corrected chi connectivity index (χ1v) is 8.37. The summed E-state index contributed by atoms with van der Waals surface area (Å²) in [7, 11) is 0. The summed E-state index contributed by atoms with van der Waals surface area (Å²) in [6, 6.07) is 23.1. The summed E-state index contributed by atoms with van der Waals surface area (Å²) in [5.41, 5.74) is 2.72. The van der Waals surface area contributed by atoms with E-state index in [2.05, 4.69) is 6.07 Å².